The Labute approximate surface area is 113 Å². The van der Waals surface area contributed by atoms with Crippen molar-refractivity contribution in [2.45, 2.75) is 13.8 Å². The fraction of sp³-hybridized carbons (Fsp3) is 0.333. The summed E-state index contributed by atoms with van der Waals surface area (Å²) < 4.78 is 12.8. The molecule has 0 fully saturated rings. The van der Waals surface area contributed by atoms with Gasteiger partial charge in [0.15, 0.2) is 0 Å². The molecular weight excluding hydrogens is 300 g/mol. The number of pyridine rings is 1. The summed E-state index contributed by atoms with van der Waals surface area (Å²) in [5, 5.41) is 4.29. The van der Waals surface area contributed by atoms with E-state index in [0.717, 1.165) is 4.47 Å². The van der Waals surface area contributed by atoms with Crippen molar-refractivity contribution in [3.8, 4) is 5.75 Å². The second-order valence-electron chi connectivity index (χ2n) is 3.70. The molecule has 0 radical (unpaired) electrons. The van der Waals surface area contributed by atoms with Gasteiger partial charge in [0, 0.05) is 10.7 Å². The van der Waals surface area contributed by atoms with Crippen molar-refractivity contribution in [3.63, 3.8) is 0 Å². The minimum Gasteiger partial charge on any atom is -0.494 e. The Morgan fingerprint density at radius 1 is 1.56 bits per heavy atom. The molecule has 0 atom stereocenters. The number of aryl methyl sites for hydroxylation is 1. The van der Waals surface area contributed by atoms with Gasteiger partial charge in [0.1, 0.15) is 16.8 Å². The van der Waals surface area contributed by atoms with Crippen LogP contribution in [0.2, 0.25) is 0 Å². The lowest BCUT2D eigenvalue weighted by Gasteiger charge is -2.06. The third kappa shape index (κ3) is 2.08. The zero-order valence-corrected chi connectivity index (χ0v) is 11.9. The highest BCUT2D eigenvalue weighted by Crippen LogP contribution is 2.29. The van der Waals surface area contributed by atoms with E-state index in [0.29, 0.717) is 29.1 Å². The van der Waals surface area contributed by atoms with Crippen molar-refractivity contribution in [2.24, 2.45) is 0 Å². The summed E-state index contributed by atoms with van der Waals surface area (Å²) in [5.41, 5.74) is 1.68. The Kier molecular flexibility index (Phi) is 3.56. The van der Waals surface area contributed by atoms with Crippen LogP contribution in [0.25, 0.3) is 5.52 Å². The molecule has 6 heteroatoms. The second kappa shape index (κ2) is 4.97. The van der Waals surface area contributed by atoms with Gasteiger partial charge in [0.25, 0.3) is 0 Å². The van der Waals surface area contributed by atoms with Crippen LogP contribution >= 0.6 is 15.9 Å². The van der Waals surface area contributed by atoms with Gasteiger partial charge >= 0.3 is 5.97 Å². The number of halogens is 1. The summed E-state index contributed by atoms with van der Waals surface area (Å²) in [5.74, 6) is 0.193. The quantitative estimate of drug-likeness (QED) is 0.817. The van der Waals surface area contributed by atoms with Crippen molar-refractivity contribution >= 4 is 27.4 Å². The van der Waals surface area contributed by atoms with Crippen molar-refractivity contribution in [1.29, 1.82) is 0 Å². The molecule has 0 saturated heterocycles. The van der Waals surface area contributed by atoms with Crippen LogP contribution < -0.4 is 4.74 Å². The lowest BCUT2D eigenvalue weighted by molar-refractivity contribution is 0.0527. The maximum atomic E-state index is 12.0. The molecule has 0 aromatic carbocycles. The number of esters is 1. The maximum absolute atomic E-state index is 12.0. The van der Waals surface area contributed by atoms with Crippen LogP contribution in [-0.4, -0.2) is 29.3 Å². The van der Waals surface area contributed by atoms with Crippen LogP contribution in [0, 0.1) is 6.92 Å². The van der Waals surface area contributed by atoms with E-state index in [4.69, 9.17) is 9.47 Å². The van der Waals surface area contributed by atoms with Crippen LogP contribution in [0.4, 0.5) is 0 Å². The number of aromatic nitrogens is 2. The van der Waals surface area contributed by atoms with Crippen LogP contribution in [-0.2, 0) is 4.74 Å². The topological polar surface area (TPSA) is 52.8 Å². The van der Waals surface area contributed by atoms with Gasteiger partial charge in [-0.05, 0) is 35.8 Å². The average molecular weight is 313 g/mol. The standard InChI is InChI=1S/C12H13BrN2O3/c1-4-18-12(16)10-7(2)14-15-6-8(13)5-9(17-3)11(10)15/h5-6H,4H2,1-3H3. The second-order valence-corrected chi connectivity index (χ2v) is 4.62. The van der Waals surface area contributed by atoms with Crippen LogP contribution in [0.3, 0.4) is 0 Å². The monoisotopic (exact) mass is 312 g/mol. The van der Waals surface area contributed by atoms with Crippen LogP contribution in [0.1, 0.15) is 23.0 Å². The summed E-state index contributed by atoms with van der Waals surface area (Å²) in [4.78, 5) is 12.0. The first-order valence-electron chi connectivity index (χ1n) is 5.48. The van der Waals surface area contributed by atoms with Crippen LogP contribution in [0.15, 0.2) is 16.7 Å². The highest BCUT2D eigenvalue weighted by Gasteiger charge is 2.21. The van der Waals surface area contributed by atoms with Crippen LogP contribution in [0.5, 0.6) is 5.75 Å². The molecule has 5 nitrogen and oxygen atoms in total. The van der Waals surface area contributed by atoms with E-state index >= 15 is 0 Å². The zero-order valence-electron chi connectivity index (χ0n) is 10.4. The number of rotatable bonds is 3. The van der Waals surface area contributed by atoms with Gasteiger partial charge < -0.3 is 9.47 Å². The van der Waals surface area contributed by atoms with E-state index in [1.54, 1.807) is 37.7 Å². The summed E-state index contributed by atoms with van der Waals surface area (Å²) in [7, 11) is 1.55. The van der Waals surface area contributed by atoms with Gasteiger partial charge in [-0.15, -0.1) is 0 Å². The average Bonchev–Trinajstić information content (AvgIpc) is 2.64. The number of methoxy groups -OCH3 is 1. The number of hydrogen-bond donors (Lipinski definition) is 0. The highest BCUT2D eigenvalue weighted by atomic mass is 79.9. The molecular formula is C12H13BrN2O3. The number of hydrogen-bond acceptors (Lipinski definition) is 4. The minimum atomic E-state index is -0.384. The molecule has 0 aliphatic rings. The van der Waals surface area contributed by atoms with E-state index in [9.17, 15) is 4.79 Å². The molecule has 2 rings (SSSR count). The minimum absolute atomic E-state index is 0.328. The Morgan fingerprint density at radius 3 is 2.89 bits per heavy atom. The van der Waals surface area contributed by atoms with Crippen molar-refractivity contribution in [3.05, 3.63) is 28.0 Å². The maximum Gasteiger partial charge on any atom is 0.342 e. The predicted molar refractivity (Wildman–Crippen MR) is 70.1 cm³/mol. The molecule has 0 saturated carbocycles. The predicted octanol–water partition coefficient (Wildman–Crippen LogP) is 2.59. The normalized spacial score (nSPS) is 10.7. The molecule has 96 valence electrons. The third-order valence-electron chi connectivity index (χ3n) is 2.53. The number of ether oxygens (including phenoxy) is 2. The van der Waals surface area contributed by atoms with Gasteiger partial charge in [-0.3, -0.25) is 0 Å². The molecule has 0 N–H and O–H groups in total. The number of carbonyl (C=O) groups is 1. The number of fused-ring (bicyclic) bond motifs is 1. The van der Waals surface area contributed by atoms with E-state index in [1.165, 1.54) is 0 Å². The Morgan fingerprint density at radius 2 is 2.28 bits per heavy atom. The molecule has 2 aromatic heterocycles. The van der Waals surface area contributed by atoms with Crippen molar-refractivity contribution < 1.29 is 14.3 Å². The van der Waals surface area contributed by atoms with Gasteiger partial charge in [-0.25, -0.2) is 9.31 Å². The highest BCUT2D eigenvalue weighted by molar-refractivity contribution is 9.10. The fourth-order valence-corrected chi connectivity index (χ4v) is 2.23. The first-order valence-corrected chi connectivity index (χ1v) is 6.27. The summed E-state index contributed by atoms with van der Waals surface area (Å²) >= 11 is 3.37. The molecule has 2 aromatic rings. The zero-order chi connectivity index (χ0) is 13.3. The lowest BCUT2D eigenvalue weighted by Crippen LogP contribution is -2.06. The van der Waals surface area contributed by atoms with E-state index in [2.05, 4.69) is 21.0 Å². The number of nitrogens with zero attached hydrogens (tertiary/aromatic N) is 2. The molecule has 0 amide bonds. The Bertz CT molecular complexity index is 607. The molecule has 0 aliphatic carbocycles. The van der Waals surface area contributed by atoms with Gasteiger partial charge in [0.2, 0.25) is 0 Å². The SMILES string of the molecule is CCOC(=O)c1c(C)nn2cc(Br)cc(OC)c12. The summed E-state index contributed by atoms with van der Waals surface area (Å²) in [6.07, 6.45) is 1.77. The molecule has 2 heterocycles. The molecule has 0 spiro atoms. The lowest BCUT2D eigenvalue weighted by atomic mass is 10.2. The van der Waals surface area contributed by atoms with E-state index < -0.39 is 0 Å². The first kappa shape index (κ1) is 12.9. The molecule has 0 unspecified atom stereocenters. The van der Waals surface area contributed by atoms with E-state index in [1.807, 2.05) is 0 Å². The molecule has 0 bridgehead atoms. The third-order valence-corrected chi connectivity index (χ3v) is 2.97. The van der Waals surface area contributed by atoms with Crippen molar-refractivity contribution in [1.82, 2.24) is 9.61 Å². The number of carbonyl (C=O) groups excluding carboxylic acids is 1. The van der Waals surface area contributed by atoms with E-state index in [-0.39, 0.29) is 5.97 Å². The smallest absolute Gasteiger partial charge is 0.342 e. The summed E-state index contributed by atoms with van der Waals surface area (Å²) in [6.45, 7) is 3.87. The molecule has 0 aliphatic heterocycles. The Balaban J connectivity index is 2.72. The summed E-state index contributed by atoms with van der Waals surface area (Å²) in [6, 6.07) is 1.79. The van der Waals surface area contributed by atoms with Gasteiger partial charge in [0.05, 0.1) is 19.4 Å². The van der Waals surface area contributed by atoms with Gasteiger partial charge in [-0.1, -0.05) is 0 Å². The first-order chi connectivity index (χ1) is 8.58. The largest absolute Gasteiger partial charge is 0.494 e. The fourth-order valence-electron chi connectivity index (χ4n) is 1.83. The van der Waals surface area contributed by atoms with Gasteiger partial charge in [-0.2, -0.15) is 5.10 Å². The molecule has 18 heavy (non-hydrogen) atoms. The van der Waals surface area contributed by atoms with Crippen molar-refractivity contribution in [2.75, 3.05) is 13.7 Å². The Hall–Kier alpha value is -1.56.